The molecule has 2 aliphatic rings. The molecule has 0 aromatic carbocycles. The maximum atomic E-state index is 11.9. The molecule has 9 nitrogen and oxygen atoms in total. The lowest BCUT2D eigenvalue weighted by molar-refractivity contribution is -0.167. The van der Waals surface area contributed by atoms with E-state index in [1.54, 1.807) is 0 Å². The molecule has 0 aromatic heterocycles. The van der Waals surface area contributed by atoms with Gasteiger partial charge in [0.1, 0.15) is 0 Å². The number of carboxylic acids is 1. The molecule has 4 amide bonds. The van der Waals surface area contributed by atoms with Gasteiger partial charge >= 0.3 is 5.97 Å². The van der Waals surface area contributed by atoms with Crippen molar-refractivity contribution >= 4 is 29.6 Å². The summed E-state index contributed by atoms with van der Waals surface area (Å²) in [6.07, 6.45) is 0.790. The SMILES string of the molecule is NC(CCC(=O)O)(N1C(=O)C=CC1=O)N1C(=O)CCC1=O. The zero-order chi connectivity index (χ0) is 15.8. The van der Waals surface area contributed by atoms with Crippen molar-refractivity contribution in [2.75, 3.05) is 0 Å². The van der Waals surface area contributed by atoms with Crippen molar-refractivity contribution in [3.05, 3.63) is 12.2 Å². The van der Waals surface area contributed by atoms with Crippen molar-refractivity contribution in [2.45, 2.75) is 31.5 Å². The van der Waals surface area contributed by atoms with Crippen molar-refractivity contribution in [2.24, 2.45) is 5.73 Å². The molecule has 112 valence electrons. The van der Waals surface area contributed by atoms with Crippen LogP contribution in [0.5, 0.6) is 0 Å². The first kappa shape index (κ1) is 14.9. The minimum atomic E-state index is -2.10. The van der Waals surface area contributed by atoms with Gasteiger partial charge in [-0.2, -0.15) is 0 Å². The smallest absolute Gasteiger partial charge is 0.303 e. The number of nitrogens with two attached hydrogens (primary N) is 1. The average molecular weight is 295 g/mol. The Kier molecular flexibility index (Phi) is 3.60. The van der Waals surface area contributed by atoms with E-state index in [1.807, 2.05) is 0 Å². The van der Waals surface area contributed by atoms with E-state index in [0.717, 1.165) is 12.2 Å². The van der Waals surface area contributed by atoms with Crippen molar-refractivity contribution in [3.63, 3.8) is 0 Å². The van der Waals surface area contributed by atoms with Crippen LogP contribution in [0.3, 0.4) is 0 Å². The lowest BCUT2D eigenvalue weighted by atomic mass is 10.1. The summed E-state index contributed by atoms with van der Waals surface area (Å²) in [5.74, 6) is -6.18. The third-order valence-electron chi connectivity index (χ3n) is 3.34. The third kappa shape index (κ3) is 2.42. The van der Waals surface area contributed by atoms with Crippen molar-refractivity contribution in [3.8, 4) is 0 Å². The normalized spacial score (nSPS) is 21.4. The second-order valence-electron chi connectivity index (χ2n) is 4.74. The predicted molar refractivity (Wildman–Crippen MR) is 65.9 cm³/mol. The van der Waals surface area contributed by atoms with Gasteiger partial charge in [-0.15, -0.1) is 0 Å². The van der Waals surface area contributed by atoms with E-state index in [1.165, 1.54) is 0 Å². The molecule has 0 bridgehead atoms. The molecular formula is C12H13N3O6. The fraction of sp³-hybridized carbons (Fsp3) is 0.417. The molecule has 2 heterocycles. The molecule has 1 atom stereocenters. The summed E-state index contributed by atoms with van der Waals surface area (Å²) in [5, 5.41) is 8.78. The number of rotatable bonds is 5. The van der Waals surface area contributed by atoms with Crippen LogP contribution in [0.4, 0.5) is 0 Å². The highest BCUT2D eigenvalue weighted by Gasteiger charge is 2.52. The molecule has 0 radical (unpaired) electrons. The van der Waals surface area contributed by atoms with Crippen LogP contribution >= 0.6 is 0 Å². The van der Waals surface area contributed by atoms with Crippen molar-refractivity contribution in [1.29, 1.82) is 0 Å². The Balaban J connectivity index is 2.41. The van der Waals surface area contributed by atoms with E-state index in [0.29, 0.717) is 9.80 Å². The summed E-state index contributed by atoms with van der Waals surface area (Å²) in [4.78, 5) is 59.2. The fourth-order valence-electron chi connectivity index (χ4n) is 2.40. The fourth-order valence-corrected chi connectivity index (χ4v) is 2.40. The van der Waals surface area contributed by atoms with Crippen LogP contribution in [0.15, 0.2) is 12.2 Å². The molecule has 0 saturated carbocycles. The van der Waals surface area contributed by atoms with E-state index >= 15 is 0 Å². The summed E-state index contributed by atoms with van der Waals surface area (Å²) in [6, 6.07) is 0. The Morgan fingerprint density at radius 1 is 1.10 bits per heavy atom. The minimum Gasteiger partial charge on any atom is -0.481 e. The van der Waals surface area contributed by atoms with Gasteiger partial charge in [-0.25, -0.2) is 9.80 Å². The molecule has 0 aliphatic carbocycles. The van der Waals surface area contributed by atoms with E-state index < -0.39 is 48.2 Å². The van der Waals surface area contributed by atoms with Gasteiger partial charge in [0, 0.05) is 31.4 Å². The molecule has 0 aromatic rings. The lowest BCUT2D eigenvalue weighted by Gasteiger charge is -2.42. The second-order valence-corrected chi connectivity index (χ2v) is 4.74. The van der Waals surface area contributed by atoms with Gasteiger partial charge in [0.05, 0.1) is 6.42 Å². The third-order valence-corrected chi connectivity index (χ3v) is 3.34. The molecule has 1 saturated heterocycles. The highest BCUT2D eigenvalue weighted by atomic mass is 16.4. The van der Waals surface area contributed by atoms with Crippen molar-refractivity contribution in [1.82, 2.24) is 9.80 Å². The zero-order valence-electron chi connectivity index (χ0n) is 10.9. The quantitative estimate of drug-likeness (QED) is 0.591. The maximum Gasteiger partial charge on any atom is 0.303 e. The number of imide groups is 2. The summed E-state index contributed by atoms with van der Waals surface area (Å²) in [6.45, 7) is 0. The van der Waals surface area contributed by atoms with E-state index in [9.17, 15) is 24.0 Å². The van der Waals surface area contributed by atoms with Crippen LogP contribution in [0.25, 0.3) is 0 Å². The zero-order valence-corrected chi connectivity index (χ0v) is 10.9. The molecule has 3 N–H and O–H groups in total. The molecule has 0 spiro atoms. The Morgan fingerprint density at radius 3 is 2.00 bits per heavy atom. The predicted octanol–water partition coefficient (Wildman–Crippen LogP) is -1.46. The van der Waals surface area contributed by atoms with Gasteiger partial charge in [0.15, 0.2) is 5.79 Å². The number of hydrogen-bond donors (Lipinski definition) is 2. The van der Waals surface area contributed by atoms with Crippen LogP contribution < -0.4 is 5.73 Å². The number of carboxylic acid groups (broad SMARTS) is 1. The number of hydrogen-bond acceptors (Lipinski definition) is 6. The molecule has 1 unspecified atom stereocenters. The van der Waals surface area contributed by atoms with Crippen LogP contribution in [0.1, 0.15) is 25.7 Å². The Hall–Kier alpha value is -2.55. The number of amides is 4. The minimum absolute atomic E-state index is 0.0888. The Bertz CT molecular complexity index is 546. The van der Waals surface area contributed by atoms with E-state index in [4.69, 9.17) is 10.8 Å². The van der Waals surface area contributed by atoms with Crippen LogP contribution in [-0.2, 0) is 24.0 Å². The topological polar surface area (TPSA) is 138 Å². The van der Waals surface area contributed by atoms with E-state index in [2.05, 4.69) is 0 Å². The highest BCUT2D eigenvalue weighted by molar-refractivity contribution is 6.14. The largest absolute Gasteiger partial charge is 0.481 e. The van der Waals surface area contributed by atoms with Gasteiger partial charge in [-0.1, -0.05) is 0 Å². The van der Waals surface area contributed by atoms with Crippen LogP contribution in [-0.4, -0.2) is 50.3 Å². The number of aliphatic carboxylic acids is 1. The highest BCUT2D eigenvalue weighted by Crippen LogP contribution is 2.29. The van der Waals surface area contributed by atoms with Gasteiger partial charge in [0.2, 0.25) is 11.8 Å². The average Bonchev–Trinajstić information content (AvgIpc) is 2.91. The first-order valence-corrected chi connectivity index (χ1v) is 6.20. The Labute approximate surface area is 119 Å². The molecule has 2 aliphatic heterocycles. The van der Waals surface area contributed by atoms with Gasteiger partial charge in [-0.3, -0.25) is 29.7 Å². The summed E-state index contributed by atoms with van der Waals surface area (Å²) < 4.78 is 0. The monoisotopic (exact) mass is 295 g/mol. The van der Waals surface area contributed by atoms with Crippen molar-refractivity contribution < 1.29 is 29.1 Å². The number of carbonyl (C=O) groups excluding carboxylic acids is 4. The number of likely N-dealkylation sites (tertiary alicyclic amines) is 1. The summed E-state index contributed by atoms with van der Waals surface area (Å²) >= 11 is 0. The molecule has 2 rings (SSSR count). The first-order chi connectivity index (χ1) is 9.77. The second kappa shape index (κ2) is 5.09. The molecule has 1 fully saturated rings. The maximum absolute atomic E-state index is 11.9. The van der Waals surface area contributed by atoms with Crippen LogP contribution in [0.2, 0.25) is 0 Å². The van der Waals surface area contributed by atoms with Gasteiger partial charge in [-0.05, 0) is 0 Å². The first-order valence-electron chi connectivity index (χ1n) is 6.20. The van der Waals surface area contributed by atoms with E-state index in [-0.39, 0.29) is 12.8 Å². The molecule has 21 heavy (non-hydrogen) atoms. The Morgan fingerprint density at radius 2 is 1.57 bits per heavy atom. The number of carbonyl (C=O) groups is 5. The van der Waals surface area contributed by atoms with Crippen LogP contribution in [0, 0.1) is 0 Å². The number of nitrogens with zero attached hydrogens (tertiary/aromatic N) is 2. The van der Waals surface area contributed by atoms with Gasteiger partial charge < -0.3 is 5.11 Å². The summed E-state index contributed by atoms with van der Waals surface area (Å²) in [7, 11) is 0. The summed E-state index contributed by atoms with van der Waals surface area (Å²) in [5.41, 5.74) is 5.98. The lowest BCUT2D eigenvalue weighted by Crippen LogP contribution is -2.69. The molecular weight excluding hydrogens is 282 g/mol. The molecule has 9 heteroatoms. The van der Waals surface area contributed by atoms with Gasteiger partial charge in [0.25, 0.3) is 11.8 Å². The standard InChI is InChI=1S/C12H13N3O6/c13-12(6-5-11(20)21,14-7(16)1-2-8(14)17)15-9(18)3-4-10(15)19/h1-2H,3-6,13H2,(H,20,21).